The smallest absolute Gasteiger partial charge is 0.236 e. The molecule has 1 saturated carbocycles. The van der Waals surface area contributed by atoms with Crippen LogP contribution in [0.5, 0.6) is 0 Å². The molecular formula is C18H27IN4OS. The molecule has 138 valence electrons. The van der Waals surface area contributed by atoms with Crippen LogP contribution in [0.4, 0.5) is 0 Å². The van der Waals surface area contributed by atoms with Crippen molar-refractivity contribution in [2.75, 3.05) is 6.54 Å². The third-order valence-electron chi connectivity index (χ3n) is 4.38. The number of hydrogen-bond donors (Lipinski definition) is 2. The number of nitrogens with one attached hydrogen (secondary N) is 2. The molecule has 2 heterocycles. The summed E-state index contributed by atoms with van der Waals surface area (Å²) < 4.78 is 5.55. The van der Waals surface area contributed by atoms with Gasteiger partial charge in [0, 0.05) is 12.6 Å². The lowest BCUT2D eigenvalue weighted by molar-refractivity contribution is 0.329. The van der Waals surface area contributed by atoms with E-state index in [-0.39, 0.29) is 24.0 Å². The van der Waals surface area contributed by atoms with Crippen LogP contribution in [0.15, 0.2) is 33.2 Å². The lowest BCUT2D eigenvalue weighted by Crippen LogP contribution is -2.44. The second-order valence-corrected chi connectivity index (χ2v) is 7.37. The summed E-state index contributed by atoms with van der Waals surface area (Å²) in [5.74, 6) is 2.40. The van der Waals surface area contributed by atoms with Crippen molar-refractivity contribution in [1.82, 2.24) is 15.6 Å². The van der Waals surface area contributed by atoms with Gasteiger partial charge >= 0.3 is 0 Å². The molecule has 2 aromatic rings. The van der Waals surface area contributed by atoms with Crippen LogP contribution in [0.3, 0.4) is 0 Å². The highest BCUT2D eigenvalue weighted by Gasteiger charge is 2.18. The highest BCUT2D eigenvalue weighted by Crippen LogP contribution is 2.24. The summed E-state index contributed by atoms with van der Waals surface area (Å²) in [4.78, 5) is 10.2. The topological polar surface area (TPSA) is 62.5 Å². The fourth-order valence-corrected chi connectivity index (χ4v) is 3.63. The average Bonchev–Trinajstić information content (AvgIpc) is 3.26. The van der Waals surface area contributed by atoms with E-state index in [0.717, 1.165) is 29.0 Å². The second-order valence-electron chi connectivity index (χ2n) is 6.42. The van der Waals surface area contributed by atoms with Crippen molar-refractivity contribution in [2.45, 2.75) is 52.1 Å². The van der Waals surface area contributed by atoms with Gasteiger partial charge in [0.15, 0.2) is 5.96 Å². The highest BCUT2D eigenvalue weighted by molar-refractivity contribution is 14.0. The van der Waals surface area contributed by atoms with Crippen LogP contribution in [0.2, 0.25) is 0 Å². The van der Waals surface area contributed by atoms with E-state index in [2.05, 4.69) is 34.5 Å². The lowest BCUT2D eigenvalue weighted by Gasteiger charge is -2.28. The van der Waals surface area contributed by atoms with E-state index in [9.17, 15) is 0 Å². The van der Waals surface area contributed by atoms with Crippen LogP contribution in [-0.4, -0.2) is 23.5 Å². The molecule has 7 heteroatoms. The monoisotopic (exact) mass is 474 g/mol. The van der Waals surface area contributed by atoms with Gasteiger partial charge < -0.3 is 15.1 Å². The van der Waals surface area contributed by atoms with Gasteiger partial charge in [-0.2, -0.15) is 0 Å². The molecule has 2 aromatic heterocycles. The van der Waals surface area contributed by atoms with E-state index in [4.69, 9.17) is 4.42 Å². The SMILES string of the molecule is CCNC(=NCc1coc(-c2cccs2)n1)NC1CCC(C)CC1.I. The van der Waals surface area contributed by atoms with Gasteiger partial charge in [-0.3, -0.25) is 0 Å². The minimum Gasteiger partial charge on any atom is -0.443 e. The number of nitrogens with zero attached hydrogens (tertiary/aromatic N) is 2. The molecule has 1 aliphatic rings. The maximum absolute atomic E-state index is 5.55. The minimum atomic E-state index is 0. The van der Waals surface area contributed by atoms with Crippen molar-refractivity contribution in [3.05, 3.63) is 29.5 Å². The first-order valence-electron chi connectivity index (χ1n) is 8.77. The normalized spacial score (nSPS) is 20.8. The van der Waals surface area contributed by atoms with Crippen molar-refractivity contribution >= 4 is 41.3 Å². The van der Waals surface area contributed by atoms with Crippen LogP contribution in [-0.2, 0) is 6.54 Å². The molecule has 1 aliphatic carbocycles. The summed E-state index contributed by atoms with van der Waals surface area (Å²) in [6, 6.07) is 4.54. The molecule has 0 atom stereocenters. The Bertz CT molecular complexity index is 648. The van der Waals surface area contributed by atoms with Crippen molar-refractivity contribution in [1.29, 1.82) is 0 Å². The number of rotatable bonds is 5. The van der Waals surface area contributed by atoms with E-state index < -0.39 is 0 Å². The fourth-order valence-electron chi connectivity index (χ4n) is 2.97. The Morgan fingerprint density at radius 1 is 1.36 bits per heavy atom. The fraction of sp³-hybridized carbons (Fsp3) is 0.556. The Balaban J connectivity index is 0.00000225. The van der Waals surface area contributed by atoms with E-state index in [1.165, 1.54) is 25.7 Å². The lowest BCUT2D eigenvalue weighted by atomic mass is 9.87. The number of halogens is 1. The number of guanidine groups is 1. The molecule has 0 aromatic carbocycles. The zero-order valence-corrected chi connectivity index (χ0v) is 18.0. The summed E-state index contributed by atoms with van der Waals surface area (Å²) in [6.45, 7) is 5.80. The standard InChI is InChI=1S/C18H26N4OS.HI/c1-3-19-18(22-14-8-6-13(2)7-9-14)20-11-15-12-23-17(21-15)16-5-4-10-24-16;/h4-5,10,12-14H,3,6-9,11H2,1-2H3,(H2,19,20,22);1H. The molecule has 0 spiro atoms. The maximum Gasteiger partial charge on any atom is 0.236 e. The Hall–Kier alpha value is -1.09. The summed E-state index contributed by atoms with van der Waals surface area (Å²) in [7, 11) is 0. The van der Waals surface area contributed by atoms with E-state index in [1.54, 1.807) is 17.6 Å². The third-order valence-corrected chi connectivity index (χ3v) is 5.24. The summed E-state index contributed by atoms with van der Waals surface area (Å²) in [5.41, 5.74) is 0.855. The van der Waals surface area contributed by atoms with Crippen molar-refractivity contribution in [3.63, 3.8) is 0 Å². The van der Waals surface area contributed by atoms with E-state index in [0.29, 0.717) is 18.5 Å². The summed E-state index contributed by atoms with van der Waals surface area (Å²) >= 11 is 1.63. The van der Waals surface area contributed by atoms with Crippen molar-refractivity contribution in [2.24, 2.45) is 10.9 Å². The van der Waals surface area contributed by atoms with Gasteiger partial charge in [-0.15, -0.1) is 35.3 Å². The zero-order chi connectivity index (χ0) is 16.8. The van der Waals surface area contributed by atoms with Crippen LogP contribution in [0, 0.1) is 5.92 Å². The first kappa shape index (κ1) is 20.2. The first-order valence-corrected chi connectivity index (χ1v) is 9.65. The predicted molar refractivity (Wildman–Crippen MR) is 115 cm³/mol. The largest absolute Gasteiger partial charge is 0.443 e. The van der Waals surface area contributed by atoms with Crippen LogP contribution < -0.4 is 10.6 Å². The van der Waals surface area contributed by atoms with E-state index >= 15 is 0 Å². The number of aliphatic imine (C=N–C) groups is 1. The molecular weight excluding hydrogens is 447 g/mol. The molecule has 5 nitrogen and oxygen atoms in total. The number of aromatic nitrogens is 1. The molecule has 0 amide bonds. The van der Waals surface area contributed by atoms with Gasteiger partial charge in [0.05, 0.1) is 11.4 Å². The molecule has 0 unspecified atom stereocenters. The third kappa shape index (κ3) is 5.99. The Morgan fingerprint density at radius 3 is 2.84 bits per heavy atom. The molecule has 0 bridgehead atoms. The van der Waals surface area contributed by atoms with Gasteiger partial charge in [0.2, 0.25) is 5.89 Å². The predicted octanol–water partition coefficient (Wildman–Crippen LogP) is 4.65. The van der Waals surface area contributed by atoms with E-state index in [1.807, 2.05) is 17.5 Å². The molecule has 25 heavy (non-hydrogen) atoms. The average molecular weight is 474 g/mol. The van der Waals surface area contributed by atoms with Crippen molar-refractivity contribution < 1.29 is 4.42 Å². The molecule has 0 aliphatic heterocycles. The number of hydrogen-bond acceptors (Lipinski definition) is 4. The molecule has 0 saturated heterocycles. The minimum absolute atomic E-state index is 0. The number of oxazole rings is 1. The van der Waals surface area contributed by atoms with Gasteiger partial charge in [-0.05, 0) is 50.0 Å². The summed E-state index contributed by atoms with van der Waals surface area (Å²) in [5, 5.41) is 8.92. The highest BCUT2D eigenvalue weighted by atomic mass is 127. The molecule has 2 N–H and O–H groups in total. The molecule has 3 rings (SSSR count). The van der Waals surface area contributed by atoms with Gasteiger partial charge in [0.25, 0.3) is 0 Å². The van der Waals surface area contributed by atoms with Crippen LogP contribution in [0.25, 0.3) is 10.8 Å². The first-order chi connectivity index (χ1) is 11.7. The maximum atomic E-state index is 5.55. The Morgan fingerprint density at radius 2 is 2.16 bits per heavy atom. The van der Waals surface area contributed by atoms with Crippen LogP contribution in [0.1, 0.15) is 45.2 Å². The molecule has 1 fully saturated rings. The van der Waals surface area contributed by atoms with Gasteiger partial charge in [-0.25, -0.2) is 9.98 Å². The zero-order valence-electron chi connectivity index (χ0n) is 14.8. The van der Waals surface area contributed by atoms with Crippen molar-refractivity contribution in [3.8, 4) is 10.8 Å². The Labute approximate surface area is 170 Å². The number of thiophene rings is 1. The van der Waals surface area contributed by atoms with Crippen LogP contribution >= 0.6 is 35.3 Å². The van der Waals surface area contributed by atoms with Gasteiger partial charge in [-0.1, -0.05) is 13.0 Å². The van der Waals surface area contributed by atoms with Gasteiger partial charge in [0.1, 0.15) is 12.0 Å². The molecule has 0 radical (unpaired) electrons. The summed E-state index contributed by atoms with van der Waals surface area (Å²) in [6.07, 6.45) is 6.73. The Kier molecular flexibility index (Phi) is 8.21. The quantitative estimate of drug-likeness (QED) is 0.376. The second kappa shape index (κ2) is 10.2.